The Balaban J connectivity index is 1.64. The Morgan fingerprint density at radius 3 is 2.72 bits per heavy atom. The Morgan fingerprint density at radius 2 is 1.92 bits per heavy atom. The average Bonchev–Trinajstić information content (AvgIpc) is 3.08. The molecule has 0 radical (unpaired) electrons. The third kappa shape index (κ3) is 2.97. The normalized spacial score (nSPS) is 10.8. The summed E-state index contributed by atoms with van der Waals surface area (Å²) in [6.45, 7) is 1.96. The van der Waals surface area contributed by atoms with Gasteiger partial charge >= 0.3 is 0 Å². The summed E-state index contributed by atoms with van der Waals surface area (Å²) in [5.41, 5.74) is 4.12. The number of nitrogens with one attached hydrogen (secondary N) is 1. The second kappa shape index (κ2) is 6.16. The quantitative estimate of drug-likeness (QED) is 0.625. The van der Waals surface area contributed by atoms with Crippen molar-refractivity contribution in [3.8, 4) is 11.1 Å². The van der Waals surface area contributed by atoms with E-state index >= 15 is 0 Å². The fraction of sp³-hybridized carbons (Fsp3) is 0.0526. The van der Waals surface area contributed by atoms with E-state index in [1.54, 1.807) is 41.5 Å². The summed E-state index contributed by atoms with van der Waals surface area (Å²) in [5, 5.41) is 2.94. The number of amides is 1. The van der Waals surface area contributed by atoms with E-state index in [-0.39, 0.29) is 5.91 Å². The predicted octanol–water partition coefficient (Wildman–Crippen LogP) is 3.35. The molecule has 0 saturated carbocycles. The Hall–Kier alpha value is -3.54. The highest BCUT2D eigenvalue weighted by atomic mass is 16.1. The summed E-state index contributed by atoms with van der Waals surface area (Å²) < 4.78 is 1.72. The summed E-state index contributed by atoms with van der Waals surface area (Å²) in [6, 6.07) is 11.6. The van der Waals surface area contributed by atoms with E-state index in [0.717, 1.165) is 22.4 Å². The van der Waals surface area contributed by atoms with E-state index in [1.165, 1.54) is 0 Å². The largest absolute Gasteiger partial charge is 0.320 e. The molecule has 0 unspecified atom stereocenters. The Morgan fingerprint density at radius 1 is 1.08 bits per heavy atom. The van der Waals surface area contributed by atoms with Gasteiger partial charge in [-0.15, -0.1) is 0 Å². The number of fused-ring (bicyclic) bond motifs is 1. The number of aromatic nitrogens is 4. The molecule has 1 amide bonds. The zero-order valence-corrected chi connectivity index (χ0v) is 13.5. The molecule has 6 heteroatoms. The lowest BCUT2D eigenvalue weighted by molar-refractivity contribution is 0.102. The van der Waals surface area contributed by atoms with E-state index in [1.807, 2.05) is 37.3 Å². The number of carbonyl (C=O) groups excluding carboxylic acids is 1. The number of pyridine rings is 1. The van der Waals surface area contributed by atoms with Gasteiger partial charge in [0.25, 0.3) is 5.91 Å². The maximum absolute atomic E-state index is 12.6. The molecular weight excluding hydrogens is 314 g/mol. The van der Waals surface area contributed by atoms with Crippen molar-refractivity contribution in [1.29, 1.82) is 0 Å². The van der Waals surface area contributed by atoms with Crippen LogP contribution >= 0.6 is 0 Å². The molecule has 0 aliphatic carbocycles. The summed E-state index contributed by atoms with van der Waals surface area (Å²) >= 11 is 0. The van der Waals surface area contributed by atoms with Gasteiger partial charge in [0, 0.05) is 36.7 Å². The Bertz CT molecular complexity index is 1020. The fourth-order valence-electron chi connectivity index (χ4n) is 2.61. The SMILES string of the molecule is Cc1ccc(-c2ccncc2)cc1NC(=O)c1cn2cccnc2n1. The first-order chi connectivity index (χ1) is 12.2. The first-order valence-corrected chi connectivity index (χ1v) is 7.83. The Kier molecular flexibility index (Phi) is 3.70. The van der Waals surface area contributed by atoms with Crippen molar-refractivity contribution < 1.29 is 4.79 Å². The third-order valence-corrected chi connectivity index (χ3v) is 3.97. The summed E-state index contributed by atoms with van der Waals surface area (Å²) in [6.07, 6.45) is 8.61. The molecular formula is C19H15N5O. The van der Waals surface area contributed by atoms with Crippen LogP contribution in [0.1, 0.15) is 16.1 Å². The maximum atomic E-state index is 12.6. The van der Waals surface area contributed by atoms with Crippen LogP contribution in [-0.4, -0.2) is 25.3 Å². The minimum Gasteiger partial charge on any atom is -0.320 e. The number of hydrogen-bond acceptors (Lipinski definition) is 4. The van der Waals surface area contributed by atoms with Gasteiger partial charge in [0.05, 0.1) is 0 Å². The van der Waals surface area contributed by atoms with Crippen LogP contribution in [0.15, 0.2) is 67.4 Å². The lowest BCUT2D eigenvalue weighted by Crippen LogP contribution is -2.13. The zero-order valence-electron chi connectivity index (χ0n) is 13.5. The van der Waals surface area contributed by atoms with Gasteiger partial charge in [0.15, 0.2) is 0 Å². The first kappa shape index (κ1) is 15.0. The van der Waals surface area contributed by atoms with Gasteiger partial charge in [-0.3, -0.25) is 14.2 Å². The molecule has 0 spiro atoms. The molecule has 122 valence electrons. The number of benzene rings is 1. The van der Waals surface area contributed by atoms with Gasteiger partial charge in [0.1, 0.15) is 5.69 Å². The van der Waals surface area contributed by atoms with Crippen LogP contribution in [0, 0.1) is 6.92 Å². The average molecular weight is 329 g/mol. The lowest BCUT2D eigenvalue weighted by Gasteiger charge is -2.10. The molecule has 0 bridgehead atoms. The molecule has 0 atom stereocenters. The molecule has 0 aliphatic rings. The molecule has 25 heavy (non-hydrogen) atoms. The van der Waals surface area contributed by atoms with Gasteiger partial charge in [-0.25, -0.2) is 9.97 Å². The monoisotopic (exact) mass is 329 g/mol. The second-order valence-electron chi connectivity index (χ2n) is 5.67. The predicted molar refractivity (Wildman–Crippen MR) is 95.4 cm³/mol. The minimum atomic E-state index is -0.263. The first-order valence-electron chi connectivity index (χ1n) is 7.83. The van der Waals surface area contributed by atoms with Gasteiger partial charge in [-0.05, 0) is 47.9 Å². The third-order valence-electron chi connectivity index (χ3n) is 3.97. The van der Waals surface area contributed by atoms with E-state index in [9.17, 15) is 4.79 Å². The number of aryl methyl sites for hydroxylation is 1. The topological polar surface area (TPSA) is 72.2 Å². The standard InChI is InChI=1S/C19H15N5O/c1-13-3-4-15(14-5-8-20-9-6-14)11-16(13)22-18(25)17-12-24-10-2-7-21-19(24)23-17/h2-12H,1H3,(H,22,25). The summed E-state index contributed by atoms with van der Waals surface area (Å²) in [4.78, 5) is 25.0. The van der Waals surface area contributed by atoms with Gasteiger partial charge < -0.3 is 5.32 Å². The molecule has 3 heterocycles. The summed E-state index contributed by atoms with van der Waals surface area (Å²) in [5.74, 6) is 0.232. The highest BCUT2D eigenvalue weighted by Gasteiger charge is 2.13. The van der Waals surface area contributed by atoms with Crippen LogP contribution in [0.2, 0.25) is 0 Å². The molecule has 1 aromatic carbocycles. The molecule has 4 rings (SSSR count). The van der Waals surface area contributed by atoms with Crippen LogP contribution < -0.4 is 5.32 Å². The zero-order chi connectivity index (χ0) is 17.2. The van der Waals surface area contributed by atoms with Crippen molar-refractivity contribution in [1.82, 2.24) is 19.4 Å². The molecule has 0 fully saturated rings. The molecule has 3 aromatic heterocycles. The van der Waals surface area contributed by atoms with Crippen molar-refractivity contribution in [3.05, 3.63) is 78.6 Å². The highest BCUT2D eigenvalue weighted by Crippen LogP contribution is 2.25. The smallest absolute Gasteiger partial charge is 0.275 e. The van der Waals surface area contributed by atoms with Crippen LogP contribution in [-0.2, 0) is 0 Å². The fourth-order valence-corrected chi connectivity index (χ4v) is 2.61. The second-order valence-corrected chi connectivity index (χ2v) is 5.67. The van der Waals surface area contributed by atoms with E-state index in [4.69, 9.17) is 0 Å². The summed E-state index contributed by atoms with van der Waals surface area (Å²) in [7, 11) is 0. The number of imidazole rings is 1. The van der Waals surface area contributed by atoms with Crippen LogP contribution in [0.5, 0.6) is 0 Å². The van der Waals surface area contributed by atoms with Crippen LogP contribution in [0.3, 0.4) is 0 Å². The minimum absolute atomic E-state index is 0.263. The van der Waals surface area contributed by atoms with Crippen LogP contribution in [0.25, 0.3) is 16.9 Å². The number of rotatable bonds is 3. The molecule has 6 nitrogen and oxygen atoms in total. The van der Waals surface area contributed by atoms with Gasteiger partial charge in [-0.2, -0.15) is 0 Å². The highest BCUT2D eigenvalue weighted by molar-refractivity contribution is 6.03. The van der Waals surface area contributed by atoms with Gasteiger partial charge in [-0.1, -0.05) is 12.1 Å². The molecule has 4 aromatic rings. The van der Waals surface area contributed by atoms with Crippen molar-refractivity contribution in [2.24, 2.45) is 0 Å². The number of carbonyl (C=O) groups is 1. The van der Waals surface area contributed by atoms with E-state index in [2.05, 4.69) is 20.3 Å². The lowest BCUT2D eigenvalue weighted by atomic mass is 10.0. The van der Waals surface area contributed by atoms with E-state index < -0.39 is 0 Å². The molecule has 1 N–H and O–H groups in total. The van der Waals surface area contributed by atoms with Crippen molar-refractivity contribution in [3.63, 3.8) is 0 Å². The number of anilines is 1. The number of nitrogens with zero attached hydrogens (tertiary/aromatic N) is 4. The molecule has 0 aliphatic heterocycles. The number of hydrogen-bond donors (Lipinski definition) is 1. The van der Waals surface area contributed by atoms with Crippen molar-refractivity contribution in [2.75, 3.05) is 5.32 Å². The van der Waals surface area contributed by atoms with E-state index in [0.29, 0.717) is 11.5 Å². The Labute approximate surface area is 144 Å². The maximum Gasteiger partial charge on any atom is 0.275 e. The molecule has 0 saturated heterocycles. The van der Waals surface area contributed by atoms with Crippen LogP contribution in [0.4, 0.5) is 5.69 Å². The van der Waals surface area contributed by atoms with Crippen molar-refractivity contribution >= 4 is 17.4 Å². The van der Waals surface area contributed by atoms with Crippen molar-refractivity contribution in [2.45, 2.75) is 6.92 Å². The van der Waals surface area contributed by atoms with Gasteiger partial charge in [0.2, 0.25) is 5.78 Å².